The molecule has 0 saturated carbocycles. The fourth-order valence-corrected chi connectivity index (χ4v) is 2.48. The van der Waals surface area contributed by atoms with E-state index < -0.39 is 11.2 Å². The van der Waals surface area contributed by atoms with E-state index in [0.717, 1.165) is 18.2 Å². The minimum absolute atomic E-state index is 0.127. The quantitative estimate of drug-likeness (QED) is 0.817. The Morgan fingerprint density at radius 3 is 2.88 bits per heavy atom. The molecule has 5 nitrogen and oxygen atoms in total. The second-order valence-corrected chi connectivity index (χ2v) is 5.09. The molecule has 1 saturated heterocycles. The third kappa shape index (κ3) is 2.31. The lowest BCUT2D eigenvalue weighted by atomic mass is 10.2. The van der Waals surface area contributed by atoms with Crippen LogP contribution in [0.3, 0.4) is 0 Å². The zero-order valence-corrected chi connectivity index (χ0v) is 11.5. The average Bonchev–Trinajstić information content (AvgIpc) is 2.71. The molecule has 1 aromatic heterocycles. The van der Waals surface area contributed by atoms with Crippen LogP contribution < -0.4 is 11.2 Å². The highest BCUT2D eigenvalue weighted by atomic mass is 79.9. The van der Waals surface area contributed by atoms with Crippen molar-refractivity contribution in [2.75, 3.05) is 5.33 Å². The van der Waals surface area contributed by atoms with Gasteiger partial charge in [-0.15, -0.1) is 0 Å². The number of hydrogen-bond donors (Lipinski definition) is 1. The summed E-state index contributed by atoms with van der Waals surface area (Å²) in [7, 11) is 0. The van der Waals surface area contributed by atoms with Gasteiger partial charge in [0.05, 0.1) is 10.6 Å². The van der Waals surface area contributed by atoms with Gasteiger partial charge >= 0.3 is 5.69 Å². The van der Waals surface area contributed by atoms with Gasteiger partial charge in [-0.05, 0) is 28.8 Å². The second kappa shape index (κ2) is 4.85. The number of halogens is 2. The van der Waals surface area contributed by atoms with Crippen molar-refractivity contribution in [3.8, 4) is 0 Å². The SMILES string of the molecule is O=c1[nH]c(=O)n([C@H]2CC[C@H](CBr)O2)cc1Br. The van der Waals surface area contributed by atoms with E-state index in [-0.39, 0.29) is 12.3 Å². The van der Waals surface area contributed by atoms with Crippen molar-refractivity contribution in [3.63, 3.8) is 0 Å². The number of H-pyrrole nitrogens is 1. The molecule has 0 spiro atoms. The first-order chi connectivity index (χ1) is 7.61. The molecule has 2 atom stereocenters. The van der Waals surface area contributed by atoms with Gasteiger partial charge in [-0.2, -0.15) is 0 Å². The van der Waals surface area contributed by atoms with Crippen LogP contribution in [-0.4, -0.2) is 21.0 Å². The Balaban J connectivity index is 2.32. The van der Waals surface area contributed by atoms with Gasteiger partial charge in [-0.1, -0.05) is 15.9 Å². The topological polar surface area (TPSA) is 64.1 Å². The summed E-state index contributed by atoms with van der Waals surface area (Å²) in [4.78, 5) is 25.0. The minimum atomic E-state index is -0.437. The molecule has 1 aromatic rings. The minimum Gasteiger partial charge on any atom is -0.354 e. The molecule has 0 bridgehead atoms. The molecule has 7 heteroatoms. The van der Waals surface area contributed by atoms with Gasteiger partial charge in [0.25, 0.3) is 5.56 Å². The van der Waals surface area contributed by atoms with Gasteiger partial charge in [-0.25, -0.2) is 4.79 Å². The first-order valence-corrected chi connectivity index (χ1v) is 6.75. The predicted octanol–water partition coefficient (Wildman–Crippen LogP) is 1.37. The smallest absolute Gasteiger partial charge is 0.330 e. The van der Waals surface area contributed by atoms with Crippen LogP contribution in [0.2, 0.25) is 0 Å². The maximum absolute atomic E-state index is 11.6. The van der Waals surface area contributed by atoms with Crippen molar-refractivity contribution in [3.05, 3.63) is 31.5 Å². The Hall–Kier alpha value is -0.400. The molecule has 0 aromatic carbocycles. The maximum Gasteiger partial charge on any atom is 0.330 e. The normalized spacial score (nSPS) is 24.9. The molecule has 16 heavy (non-hydrogen) atoms. The number of aromatic nitrogens is 2. The molecule has 0 radical (unpaired) electrons. The maximum atomic E-state index is 11.6. The van der Waals surface area contributed by atoms with Crippen molar-refractivity contribution < 1.29 is 4.74 Å². The molecule has 0 amide bonds. The van der Waals surface area contributed by atoms with Crippen LogP contribution in [0.25, 0.3) is 0 Å². The Morgan fingerprint density at radius 2 is 2.25 bits per heavy atom. The molecule has 0 aliphatic carbocycles. The molecular weight excluding hydrogens is 344 g/mol. The third-order valence-electron chi connectivity index (χ3n) is 2.49. The molecule has 2 rings (SSSR count). The fourth-order valence-electron chi connectivity index (χ4n) is 1.68. The molecule has 1 aliphatic rings. The van der Waals surface area contributed by atoms with E-state index in [4.69, 9.17) is 4.74 Å². The average molecular weight is 354 g/mol. The summed E-state index contributed by atoms with van der Waals surface area (Å²) >= 11 is 6.43. The number of hydrogen-bond acceptors (Lipinski definition) is 3. The Kier molecular flexibility index (Phi) is 3.66. The molecule has 2 heterocycles. The Bertz CT molecular complexity index is 496. The summed E-state index contributed by atoms with van der Waals surface area (Å²) in [6.07, 6.45) is 2.99. The van der Waals surface area contributed by atoms with E-state index in [1.54, 1.807) is 0 Å². The van der Waals surface area contributed by atoms with E-state index in [2.05, 4.69) is 36.8 Å². The lowest BCUT2D eigenvalue weighted by molar-refractivity contribution is 0.0104. The Labute approximate surface area is 108 Å². The highest BCUT2D eigenvalue weighted by molar-refractivity contribution is 9.10. The third-order valence-corrected chi connectivity index (χ3v) is 3.78. The van der Waals surface area contributed by atoms with Crippen LogP contribution in [0, 0.1) is 0 Å². The Morgan fingerprint density at radius 1 is 1.50 bits per heavy atom. The summed E-state index contributed by atoms with van der Waals surface area (Å²) in [5.41, 5.74) is -0.857. The van der Waals surface area contributed by atoms with Crippen molar-refractivity contribution in [2.45, 2.75) is 25.2 Å². The van der Waals surface area contributed by atoms with E-state index >= 15 is 0 Å². The van der Waals surface area contributed by atoms with E-state index in [1.807, 2.05) is 0 Å². The molecule has 1 N–H and O–H groups in total. The molecule has 1 fully saturated rings. The van der Waals surface area contributed by atoms with E-state index in [1.165, 1.54) is 10.8 Å². The summed E-state index contributed by atoms with van der Waals surface area (Å²) in [6.45, 7) is 0. The van der Waals surface area contributed by atoms with Gasteiger partial charge in [-0.3, -0.25) is 14.3 Å². The lowest BCUT2D eigenvalue weighted by Crippen LogP contribution is -2.32. The molecule has 88 valence electrons. The van der Waals surface area contributed by atoms with Crippen molar-refractivity contribution in [1.29, 1.82) is 0 Å². The van der Waals surface area contributed by atoms with Gasteiger partial charge < -0.3 is 4.74 Å². The van der Waals surface area contributed by atoms with Crippen LogP contribution in [0.1, 0.15) is 19.1 Å². The van der Waals surface area contributed by atoms with Gasteiger partial charge in [0.1, 0.15) is 6.23 Å². The molecular formula is C9H10Br2N2O3. The number of rotatable bonds is 2. The molecule has 1 aliphatic heterocycles. The van der Waals surface area contributed by atoms with Gasteiger partial charge in [0.2, 0.25) is 0 Å². The summed E-state index contributed by atoms with van der Waals surface area (Å²) < 4.78 is 7.39. The zero-order valence-electron chi connectivity index (χ0n) is 8.28. The number of ether oxygens (including phenoxy) is 1. The predicted molar refractivity (Wildman–Crippen MR) is 66.0 cm³/mol. The highest BCUT2D eigenvalue weighted by Gasteiger charge is 2.26. The van der Waals surface area contributed by atoms with Crippen LogP contribution in [0.15, 0.2) is 20.3 Å². The first-order valence-electron chi connectivity index (χ1n) is 4.84. The van der Waals surface area contributed by atoms with Crippen LogP contribution in [0.5, 0.6) is 0 Å². The summed E-state index contributed by atoms with van der Waals surface area (Å²) in [5, 5.41) is 0.753. The number of nitrogens with zero attached hydrogens (tertiary/aromatic N) is 1. The van der Waals surface area contributed by atoms with Crippen LogP contribution in [-0.2, 0) is 4.74 Å². The van der Waals surface area contributed by atoms with Crippen molar-refractivity contribution >= 4 is 31.9 Å². The summed E-state index contributed by atoms with van der Waals surface area (Å²) in [6, 6.07) is 0. The van der Waals surface area contributed by atoms with E-state index in [0.29, 0.717) is 4.47 Å². The van der Waals surface area contributed by atoms with E-state index in [9.17, 15) is 9.59 Å². The highest BCUT2D eigenvalue weighted by Crippen LogP contribution is 2.28. The number of alkyl halides is 1. The number of nitrogens with one attached hydrogen (secondary N) is 1. The number of aromatic amines is 1. The van der Waals surface area contributed by atoms with Crippen LogP contribution >= 0.6 is 31.9 Å². The first kappa shape index (κ1) is 12.1. The summed E-state index contributed by atoms with van der Waals surface area (Å²) in [5.74, 6) is 0. The second-order valence-electron chi connectivity index (χ2n) is 3.59. The molecule has 0 unspecified atom stereocenters. The van der Waals surface area contributed by atoms with Crippen molar-refractivity contribution in [2.24, 2.45) is 0 Å². The zero-order chi connectivity index (χ0) is 11.7. The van der Waals surface area contributed by atoms with Crippen LogP contribution in [0.4, 0.5) is 0 Å². The standard InChI is InChI=1S/C9H10Br2N2O3/c10-3-5-1-2-7(16-5)13-4-6(11)8(14)12-9(13)15/h4-5,7H,1-3H2,(H,12,14,15)/t5-,7-/m1/s1. The van der Waals surface area contributed by atoms with Crippen molar-refractivity contribution in [1.82, 2.24) is 9.55 Å². The monoisotopic (exact) mass is 352 g/mol. The lowest BCUT2D eigenvalue weighted by Gasteiger charge is -2.14. The van der Waals surface area contributed by atoms with Gasteiger partial charge in [0.15, 0.2) is 0 Å². The fraction of sp³-hybridized carbons (Fsp3) is 0.556. The van der Waals surface area contributed by atoms with Gasteiger partial charge in [0, 0.05) is 11.5 Å². The largest absolute Gasteiger partial charge is 0.354 e.